The Morgan fingerprint density at radius 1 is 0.833 bits per heavy atom. The molecule has 0 spiro atoms. The molecule has 92 valence electrons. The molecule has 0 radical (unpaired) electrons. The monoisotopic (exact) mass is 242 g/mol. The van der Waals surface area contributed by atoms with E-state index in [-0.39, 0.29) is 6.03 Å². The smallest absolute Gasteiger partial charge is 0.323 e. The maximum atomic E-state index is 11.7. The van der Waals surface area contributed by atoms with E-state index in [1.54, 1.807) is 30.3 Å². The lowest BCUT2D eigenvalue weighted by Crippen LogP contribution is -2.19. The van der Waals surface area contributed by atoms with Gasteiger partial charge in [-0.15, -0.1) is 0 Å². The molecule has 0 saturated heterocycles. The molecule has 0 atom stereocenters. The van der Waals surface area contributed by atoms with Crippen LogP contribution in [0.2, 0.25) is 0 Å². The van der Waals surface area contributed by atoms with Crippen LogP contribution in [0.4, 0.5) is 27.5 Å². The Balaban J connectivity index is 2.03. The number of carbonyl (C=O) groups excluding carboxylic acids is 1. The van der Waals surface area contributed by atoms with Crippen molar-refractivity contribution in [3.8, 4) is 0 Å². The zero-order valence-electron chi connectivity index (χ0n) is 9.68. The van der Waals surface area contributed by atoms with Gasteiger partial charge < -0.3 is 22.1 Å². The molecule has 0 aliphatic rings. The van der Waals surface area contributed by atoms with E-state index in [9.17, 15) is 4.79 Å². The van der Waals surface area contributed by atoms with Gasteiger partial charge in [0.1, 0.15) is 0 Å². The molecule has 0 aliphatic carbocycles. The molecule has 5 nitrogen and oxygen atoms in total. The van der Waals surface area contributed by atoms with Gasteiger partial charge in [-0.3, -0.25) is 0 Å². The summed E-state index contributed by atoms with van der Waals surface area (Å²) in [5.41, 5.74) is 13.6. The van der Waals surface area contributed by atoms with Gasteiger partial charge >= 0.3 is 6.03 Å². The van der Waals surface area contributed by atoms with Crippen molar-refractivity contribution in [2.75, 3.05) is 22.1 Å². The first kappa shape index (κ1) is 11.8. The van der Waals surface area contributed by atoms with Crippen LogP contribution in [0.15, 0.2) is 48.5 Å². The Morgan fingerprint density at radius 3 is 2.00 bits per heavy atom. The molecule has 0 unspecified atom stereocenters. The summed E-state index contributed by atoms with van der Waals surface area (Å²) < 4.78 is 0. The molecule has 2 aromatic rings. The lowest BCUT2D eigenvalue weighted by atomic mass is 10.2. The Labute approximate surface area is 105 Å². The minimum absolute atomic E-state index is 0.341. The van der Waals surface area contributed by atoms with Crippen LogP contribution in [0, 0.1) is 0 Å². The highest BCUT2D eigenvalue weighted by atomic mass is 16.2. The minimum atomic E-state index is -0.341. The molecule has 0 fully saturated rings. The molecule has 0 aromatic heterocycles. The van der Waals surface area contributed by atoms with Crippen molar-refractivity contribution in [3.63, 3.8) is 0 Å². The van der Waals surface area contributed by atoms with E-state index >= 15 is 0 Å². The van der Waals surface area contributed by atoms with Gasteiger partial charge in [0.2, 0.25) is 0 Å². The van der Waals surface area contributed by atoms with Crippen LogP contribution in [0.3, 0.4) is 0 Å². The average molecular weight is 242 g/mol. The Bertz CT molecular complexity index is 534. The Morgan fingerprint density at radius 2 is 1.39 bits per heavy atom. The quantitative estimate of drug-likeness (QED) is 0.609. The van der Waals surface area contributed by atoms with Crippen LogP contribution >= 0.6 is 0 Å². The summed E-state index contributed by atoms with van der Waals surface area (Å²) in [5.74, 6) is 0. The summed E-state index contributed by atoms with van der Waals surface area (Å²) in [5, 5.41) is 5.36. The van der Waals surface area contributed by atoms with E-state index in [0.29, 0.717) is 22.7 Å². The maximum absolute atomic E-state index is 11.7. The predicted octanol–water partition coefficient (Wildman–Crippen LogP) is 2.50. The number of para-hydroxylation sites is 1. The standard InChI is InChI=1S/C13H14N4O/c14-9-6-10(15)8-12(7-9)17-13(18)16-11-4-2-1-3-5-11/h1-8H,14-15H2,(H2,16,17,18). The van der Waals surface area contributed by atoms with Gasteiger partial charge in [-0.25, -0.2) is 4.79 Å². The van der Waals surface area contributed by atoms with Crippen molar-refractivity contribution in [3.05, 3.63) is 48.5 Å². The summed E-state index contributed by atoms with van der Waals surface area (Å²) in [6, 6.07) is 13.7. The normalized spacial score (nSPS) is 9.78. The molecular weight excluding hydrogens is 228 g/mol. The van der Waals surface area contributed by atoms with Crippen molar-refractivity contribution >= 4 is 28.8 Å². The summed E-state index contributed by atoms with van der Waals surface area (Å²) in [6.07, 6.45) is 0. The molecule has 18 heavy (non-hydrogen) atoms. The van der Waals surface area contributed by atoms with Crippen molar-refractivity contribution in [1.29, 1.82) is 0 Å². The van der Waals surface area contributed by atoms with Crippen LogP contribution in [0.25, 0.3) is 0 Å². The maximum Gasteiger partial charge on any atom is 0.323 e. The van der Waals surface area contributed by atoms with E-state index in [0.717, 1.165) is 0 Å². The van der Waals surface area contributed by atoms with Gasteiger partial charge in [0, 0.05) is 22.7 Å². The molecule has 6 N–H and O–H groups in total. The third-order valence-electron chi connectivity index (χ3n) is 2.27. The fraction of sp³-hybridized carbons (Fsp3) is 0. The second-order valence-electron chi connectivity index (χ2n) is 3.83. The number of urea groups is 1. The second kappa shape index (κ2) is 5.09. The zero-order chi connectivity index (χ0) is 13.0. The van der Waals surface area contributed by atoms with Gasteiger partial charge in [0.15, 0.2) is 0 Å². The summed E-state index contributed by atoms with van der Waals surface area (Å²) in [7, 11) is 0. The third-order valence-corrected chi connectivity index (χ3v) is 2.27. The number of hydrogen-bond donors (Lipinski definition) is 4. The molecule has 2 amide bonds. The second-order valence-corrected chi connectivity index (χ2v) is 3.83. The summed E-state index contributed by atoms with van der Waals surface area (Å²) in [6.45, 7) is 0. The van der Waals surface area contributed by atoms with Gasteiger partial charge in [-0.05, 0) is 30.3 Å². The number of benzene rings is 2. The molecular formula is C13H14N4O. The van der Waals surface area contributed by atoms with Crippen LogP contribution < -0.4 is 22.1 Å². The summed E-state index contributed by atoms with van der Waals surface area (Å²) in [4.78, 5) is 11.7. The van der Waals surface area contributed by atoms with E-state index in [2.05, 4.69) is 10.6 Å². The first-order valence-corrected chi connectivity index (χ1v) is 5.42. The van der Waals surface area contributed by atoms with Crippen molar-refractivity contribution in [2.24, 2.45) is 0 Å². The first-order valence-electron chi connectivity index (χ1n) is 5.42. The van der Waals surface area contributed by atoms with Crippen LogP contribution in [-0.2, 0) is 0 Å². The predicted molar refractivity (Wildman–Crippen MR) is 74.4 cm³/mol. The topological polar surface area (TPSA) is 93.2 Å². The molecule has 0 saturated carbocycles. The van der Waals surface area contributed by atoms with Crippen molar-refractivity contribution < 1.29 is 4.79 Å². The highest BCUT2D eigenvalue weighted by molar-refractivity contribution is 6.00. The van der Waals surface area contributed by atoms with Crippen molar-refractivity contribution in [2.45, 2.75) is 0 Å². The molecule has 5 heteroatoms. The lowest BCUT2D eigenvalue weighted by Gasteiger charge is -2.08. The van der Waals surface area contributed by atoms with E-state index in [1.807, 2.05) is 18.2 Å². The Hall–Kier alpha value is -2.69. The van der Waals surface area contributed by atoms with Crippen LogP contribution in [-0.4, -0.2) is 6.03 Å². The van der Waals surface area contributed by atoms with Gasteiger partial charge in [-0.1, -0.05) is 18.2 Å². The van der Waals surface area contributed by atoms with Gasteiger partial charge in [0.25, 0.3) is 0 Å². The molecule has 2 rings (SSSR count). The number of amides is 2. The largest absolute Gasteiger partial charge is 0.399 e. The van der Waals surface area contributed by atoms with Crippen LogP contribution in [0.1, 0.15) is 0 Å². The summed E-state index contributed by atoms with van der Waals surface area (Å²) >= 11 is 0. The number of nitrogen functional groups attached to an aromatic ring is 2. The first-order chi connectivity index (χ1) is 8.63. The zero-order valence-corrected chi connectivity index (χ0v) is 9.68. The average Bonchev–Trinajstić information content (AvgIpc) is 2.28. The van der Waals surface area contributed by atoms with Gasteiger partial charge in [-0.2, -0.15) is 0 Å². The van der Waals surface area contributed by atoms with E-state index < -0.39 is 0 Å². The Kier molecular flexibility index (Phi) is 3.33. The minimum Gasteiger partial charge on any atom is -0.399 e. The molecule has 2 aromatic carbocycles. The molecule has 0 aliphatic heterocycles. The molecule has 0 bridgehead atoms. The fourth-order valence-electron chi connectivity index (χ4n) is 1.56. The van der Waals surface area contributed by atoms with E-state index in [4.69, 9.17) is 11.5 Å². The number of hydrogen-bond acceptors (Lipinski definition) is 3. The fourth-order valence-corrected chi connectivity index (χ4v) is 1.56. The number of carbonyl (C=O) groups is 1. The number of nitrogens with two attached hydrogens (primary N) is 2. The number of anilines is 4. The van der Waals surface area contributed by atoms with Gasteiger partial charge in [0.05, 0.1) is 0 Å². The molecule has 0 heterocycles. The van der Waals surface area contributed by atoms with Crippen molar-refractivity contribution in [1.82, 2.24) is 0 Å². The van der Waals surface area contributed by atoms with Crippen LogP contribution in [0.5, 0.6) is 0 Å². The SMILES string of the molecule is Nc1cc(N)cc(NC(=O)Nc2ccccc2)c1. The number of nitrogens with one attached hydrogen (secondary N) is 2. The highest BCUT2D eigenvalue weighted by Gasteiger charge is 2.03. The number of rotatable bonds is 2. The highest BCUT2D eigenvalue weighted by Crippen LogP contribution is 2.18. The lowest BCUT2D eigenvalue weighted by molar-refractivity contribution is 0.262. The van der Waals surface area contributed by atoms with E-state index in [1.165, 1.54) is 0 Å². The third kappa shape index (κ3) is 3.15.